The highest BCUT2D eigenvalue weighted by Gasteiger charge is 1.92. The Morgan fingerprint density at radius 2 is 2.50 bits per heavy atom. The molecule has 5 nitrogen and oxygen atoms in total. The van der Waals surface area contributed by atoms with Crippen molar-refractivity contribution in [2.45, 2.75) is 0 Å². The molecule has 0 amide bonds. The summed E-state index contributed by atoms with van der Waals surface area (Å²) in [5.74, 6) is 0. The van der Waals surface area contributed by atoms with E-state index in [0.717, 1.165) is 11.8 Å². The summed E-state index contributed by atoms with van der Waals surface area (Å²) in [4.78, 5) is 9.49. The number of rotatable bonds is 1. The standard InChI is InChI=1S/C2H5N3O2S/c1-8-2(3)4-5(6)7/h1H3,(H2,3,4)/i2+1. The summed E-state index contributed by atoms with van der Waals surface area (Å²) in [7, 11) is 0. The fourth-order valence-corrected chi connectivity index (χ4v) is 0.270. The van der Waals surface area contributed by atoms with Crippen molar-refractivity contribution in [1.29, 1.82) is 0 Å². The molecular formula is C2H5N3O2S. The average Bonchev–Trinajstić information content (AvgIpc) is 1.65. The minimum Gasteiger partial charge on any atom is -0.373 e. The molecule has 8 heavy (non-hydrogen) atoms. The molecule has 0 bridgehead atoms. The molecule has 0 aliphatic carbocycles. The van der Waals surface area contributed by atoms with Crippen LogP contribution >= 0.6 is 11.8 Å². The van der Waals surface area contributed by atoms with Gasteiger partial charge in [0.1, 0.15) is 0 Å². The Hall–Kier alpha value is -0.780. The van der Waals surface area contributed by atoms with Crippen molar-refractivity contribution in [3.05, 3.63) is 10.1 Å². The van der Waals surface area contributed by atoms with E-state index < -0.39 is 5.03 Å². The molecule has 2 N–H and O–H groups in total. The molecule has 0 atom stereocenters. The summed E-state index contributed by atoms with van der Waals surface area (Å²) < 4.78 is 0. The highest BCUT2D eigenvalue weighted by atomic mass is 32.2. The maximum Gasteiger partial charge on any atom is 0.232 e. The second-order valence-corrected chi connectivity index (χ2v) is 1.71. The van der Waals surface area contributed by atoms with E-state index in [2.05, 4.69) is 5.10 Å². The molecule has 0 aromatic carbocycles. The molecule has 6 heteroatoms. The van der Waals surface area contributed by atoms with Crippen LogP contribution in [0.2, 0.25) is 0 Å². The van der Waals surface area contributed by atoms with Crippen LogP contribution < -0.4 is 5.73 Å². The Bertz CT molecular complexity index is 122. The van der Waals surface area contributed by atoms with Crippen LogP contribution in [0.4, 0.5) is 0 Å². The predicted octanol–water partition coefficient (Wildman–Crippen LogP) is -0.144. The van der Waals surface area contributed by atoms with Gasteiger partial charge in [-0.25, -0.2) is 10.1 Å². The molecule has 0 aromatic heterocycles. The van der Waals surface area contributed by atoms with Gasteiger partial charge in [-0.05, 0) is 6.26 Å². The molecule has 0 saturated carbocycles. The number of hydrogen-bond donors (Lipinski definition) is 1. The van der Waals surface area contributed by atoms with Gasteiger partial charge in [-0.2, -0.15) is 0 Å². The molecule has 46 valence electrons. The molecule has 0 fully saturated rings. The third kappa shape index (κ3) is 3.41. The molecule has 0 heterocycles. The topological polar surface area (TPSA) is 81.5 Å². The molecule has 0 saturated heterocycles. The van der Waals surface area contributed by atoms with Crippen molar-refractivity contribution in [3.8, 4) is 0 Å². The zero-order chi connectivity index (χ0) is 6.57. The van der Waals surface area contributed by atoms with Crippen molar-refractivity contribution in [1.82, 2.24) is 0 Å². The van der Waals surface area contributed by atoms with Gasteiger partial charge < -0.3 is 5.73 Å². The highest BCUT2D eigenvalue weighted by molar-refractivity contribution is 8.13. The van der Waals surface area contributed by atoms with Gasteiger partial charge in [0.05, 0.1) is 5.10 Å². The smallest absolute Gasteiger partial charge is 0.232 e. The molecule has 0 rings (SSSR count). The summed E-state index contributed by atoms with van der Waals surface area (Å²) >= 11 is 1.04. The van der Waals surface area contributed by atoms with Gasteiger partial charge in [-0.1, -0.05) is 11.8 Å². The van der Waals surface area contributed by atoms with Gasteiger partial charge in [-0.3, -0.25) is 0 Å². The van der Waals surface area contributed by atoms with Crippen molar-refractivity contribution in [3.63, 3.8) is 0 Å². The van der Waals surface area contributed by atoms with Crippen LogP contribution in [0.5, 0.6) is 0 Å². The quantitative estimate of drug-likeness (QED) is 0.179. The van der Waals surface area contributed by atoms with Crippen molar-refractivity contribution in [2.24, 2.45) is 10.8 Å². The molecule has 0 aliphatic heterocycles. The van der Waals surface area contributed by atoms with Crippen LogP contribution in [0.3, 0.4) is 0 Å². The summed E-state index contributed by atoms with van der Waals surface area (Å²) in [6.07, 6.45) is 1.61. The van der Waals surface area contributed by atoms with E-state index in [1.54, 1.807) is 6.26 Å². The van der Waals surface area contributed by atoms with Crippen LogP contribution in [0.15, 0.2) is 5.10 Å². The lowest BCUT2D eigenvalue weighted by molar-refractivity contribution is -0.484. The van der Waals surface area contributed by atoms with Gasteiger partial charge in [0, 0.05) is 0 Å². The maximum atomic E-state index is 9.49. The first-order valence-corrected chi connectivity index (χ1v) is 2.91. The molecule has 0 aromatic rings. The van der Waals surface area contributed by atoms with E-state index >= 15 is 0 Å². The largest absolute Gasteiger partial charge is 0.373 e. The normalized spacial score (nSPS) is 11.4. The third-order valence-corrected chi connectivity index (χ3v) is 0.889. The fourth-order valence-electron chi connectivity index (χ4n) is 0.121. The fraction of sp³-hybridized carbons (Fsp3) is 0.500. The Balaban J connectivity index is 3.75. The molecular weight excluding hydrogens is 131 g/mol. The first-order chi connectivity index (χ1) is 3.66. The van der Waals surface area contributed by atoms with Crippen molar-refractivity contribution >= 4 is 16.9 Å². The maximum absolute atomic E-state index is 9.49. The minimum atomic E-state index is -0.828. The third-order valence-electron chi connectivity index (χ3n) is 0.389. The zero-order valence-electron chi connectivity index (χ0n) is 4.20. The molecule has 0 unspecified atom stereocenters. The molecule has 0 spiro atoms. The number of hydrogen-bond acceptors (Lipinski definition) is 3. The van der Waals surface area contributed by atoms with Crippen LogP contribution in [0.1, 0.15) is 0 Å². The Morgan fingerprint density at radius 3 is 2.62 bits per heavy atom. The second kappa shape index (κ2) is 3.25. The molecule has 0 aliphatic rings. The average molecular weight is 136 g/mol. The van der Waals surface area contributed by atoms with Gasteiger partial charge in [0.25, 0.3) is 0 Å². The Morgan fingerprint density at radius 1 is 2.00 bits per heavy atom. The summed E-state index contributed by atoms with van der Waals surface area (Å²) in [5.41, 5.74) is 4.95. The lowest BCUT2D eigenvalue weighted by Crippen LogP contribution is -2.07. The second-order valence-electron chi connectivity index (χ2n) is 0.880. The van der Waals surface area contributed by atoms with E-state index in [4.69, 9.17) is 5.73 Å². The van der Waals surface area contributed by atoms with E-state index in [1.165, 1.54) is 0 Å². The first-order valence-electron chi connectivity index (χ1n) is 1.69. The Kier molecular flexibility index (Phi) is 2.93. The number of hydrazone groups is 1. The van der Waals surface area contributed by atoms with Crippen LogP contribution in [0, 0.1) is 10.1 Å². The van der Waals surface area contributed by atoms with E-state index in [0.29, 0.717) is 0 Å². The van der Waals surface area contributed by atoms with Gasteiger partial charge in [-0.15, -0.1) is 0 Å². The number of amidine groups is 1. The highest BCUT2D eigenvalue weighted by Crippen LogP contribution is 1.89. The molecule has 0 radical (unpaired) electrons. The Labute approximate surface area is 50.1 Å². The minimum absolute atomic E-state index is 0.0324. The lowest BCUT2D eigenvalue weighted by Gasteiger charge is -1.82. The van der Waals surface area contributed by atoms with E-state index in [-0.39, 0.29) is 5.17 Å². The van der Waals surface area contributed by atoms with E-state index in [9.17, 15) is 10.1 Å². The van der Waals surface area contributed by atoms with Gasteiger partial charge >= 0.3 is 0 Å². The first kappa shape index (κ1) is 7.22. The van der Waals surface area contributed by atoms with Crippen molar-refractivity contribution in [2.75, 3.05) is 6.26 Å². The van der Waals surface area contributed by atoms with Crippen LogP contribution in [-0.4, -0.2) is 16.5 Å². The zero-order valence-corrected chi connectivity index (χ0v) is 5.01. The predicted molar refractivity (Wildman–Crippen MR) is 32.1 cm³/mol. The summed E-state index contributed by atoms with van der Waals surface area (Å²) in [5, 5.41) is 11.4. The van der Waals surface area contributed by atoms with Gasteiger partial charge in [0.2, 0.25) is 5.17 Å². The SMILES string of the molecule is CS/[13C](N)=N\[N+](=O)[O-]. The van der Waals surface area contributed by atoms with E-state index in [1.807, 2.05) is 0 Å². The van der Waals surface area contributed by atoms with Crippen LogP contribution in [0.25, 0.3) is 0 Å². The lowest BCUT2D eigenvalue weighted by atomic mass is 11.9. The summed E-state index contributed by atoms with van der Waals surface area (Å²) in [6.45, 7) is 0. The van der Waals surface area contributed by atoms with Gasteiger partial charge in [0.15, 0.2) is 5.03 Å². The number of nitrogens with two attached hydrogens (primary N) is 1. The van der Waals surface area contributed by atoms with Crippen LogP contribution in [-0.2, 0) is 0 Å². The summed E-state index contributed by atoms with van der Waals surface area (Å²) in [6, 6.07) is 0. The number of nitrogens with zero attached hydrogens (tertiary/aromatic N) is 2. The number of nitro groups is 1. The monoisotopic (exact) mass is 136 g/mol. The van der Waals surface area contributed by atoms with Crippen molar-refractivity contribution < 1.29 is 5.03 Å². The number of thioether (sulfide) groups is 1.